The highest BCUT2D eigenvalue weighted by Gasteiger charge is 2.33. The van der Waals surface area contributed by atoms with Crippen LogP contribution in [0.3, 0.4) is 0 Å². The van der Waals surface area contributed by atoms with Crippen LogP contribution in [-0.2, 0) is 0 Å². The molecule has 5 nitrogen and oxygen atoms in total. The van der Waals surface area contributed by atoms with Crippen LogP contribution in [0.5, 0.6) is 5.75 Å². The molecule has 0 aromatic heterocycles. The Morgan fingerprint density at radius 2 is 1.92 bits per heavy atom. The van der Waals surface area contributed by atoms with E-state index in [0.717, 1.165) is 26.8 Å². The van der Waals surface area contributed by atoms with Crippen LogP contribution in [0, 0.1) is 0 Å². The van der Waals surface area contributed by atoms with Crippen molar-refractivity contribution in [2.24, 2.45) is 0 Å². The number of hydrazine groups is 1. The molecule has 1 aliphatic heterocycles. The van der Waals surface area contributed by atoms with Gasteiger partial charge in [0.2, 0.25) is 0 Å². The number of carbonyl (C=O) groups is 2. The van der Waals surface area contributed by atoms with Crippen LogP contribution in [0.4, 0.5) is 4.79 Å². The Balaban J connectivity index is 1.79. The van der Waals surface area contributed by atoms with Gasteiger partial charge in [-0.25, -0.2) is 0 Å². The van der Waals surface area contributed by atoms with Gasteiger partial charge in [-0.15, -0.1) is 0 Å². The minimum atomic E-state index is -0.469. The molecule has 1 heterocycles. The Labute approximate surface area is 168 Å². The Bertz CT molecular complexity index is 913. The Hall–Kier alpha value is -2.16. The van der Waals surface area contributed by atoms with Gasteiger partial charge in [-0.1, -0.05) is 52.4 Å². The van der Waals surface area contributed by atoms with Gasteiger partial charge in [0.1, 0.15) is 10.7 Å². The van der Waals surface area contributed by atoms with Gasteiger partial charge in [0.25, 0.3) is 5.91 Å². The maximum absolute atomic E-state index is 12.5. The number of thiocarbonyl (C=S) groups is 1. The molecule has 132 valence electrons. The van der Waals surface area contributed by atoms with Crippen molar-refractivity contribution in [2.75, 3.05) is 7.11 Å². The molecule has 1 saturated heterocycles. The lowest BCUT2D eigenvalue weighted by atomic mass is 10.2. The second-order valence-electron chi connectivity index (χ2n) is 5.21. The van der Waals surface area contributed by atoms with Crippen LogP contribution in [0.25, 0.3) is 6.08 Å². The van der Waals surface area contributed by atoms with Crippen molar-refractivity contribution in [2.45, 2.75) is 0 Å². The van der Waals surface area contributed by atoms with E-state index in [-0.39, 0.29) is 10.2 Å². The van der Waals surface area contributed by atoms with E-state index >= 15 is 0 Å². The molecule has 0 aliphatic carbocycles. The number of benzene rings is 2. The summed E-state index contributed by atoms with van der Waals surface area (Å²) < 4.78 is 6.14. The first-order chi connectivity index (χ1) is 12.5. The number of halogens is 1. The third-order valence-corrected chi connectivity index (χ3v) is 5.48. The molecule has 0 unspecified atom stereocenters. The largest absolute Gasteiger partial charge is 0.496 e. The summed E-state index contributed by atoms with van der Waals surface area (Å²) in [4.78, 5) is 25.6. The Morgan fingerprint density at radius 3 is 2.62 bits per heavy atom. The van der Waals surface area contributed by atoms with Gasteiger partial charge in [-0.2, -0.15) is 5.01 Å². The summed E-state index contributed by atoms with van der Waals surface area (Å²) in [5.41, 5.74) is 3.78. The zero-order valence-corrected chi connectivity index (χ0v) is 16.8. The smallest absolute Gasteiger partial charge is 0.310 e. The second-order valence-corrected chi connectivity index (χ2v) is 7.51. The molecule has 3 rings (SSSR count). The summed E-state index contributed by atoms with van der Waals surface area (Å²) in [6.07, 6.45) is 1.81. The van der Waals surface area contributed by atoms with Crippen LogP contribution < -0.4 is 10.2 Å². The molecule has 8 heteroatoms. The monoisotopic (exact) mass is 448 g/mol. The lowest BCUT2D eigenvalue weighted by Gasteiger charge is -2.16. The standard InChI is InChI=1S/C18H13BrN2O3S2/c1-24-14-5-3-2-4-13(14)16(22)20-21-17(25)15(26-18(21)23)10-11-6-8-12(19)9-7-11/h2-10H,1H3,(H,20,22)/b15-10-. The molecular weight excluding hydrogens is 436 g/mol. The topological polar surface area (TPSA) is 58.6 Å². The van der Waals surface area contributed by atoms with E-state index in [1.54, 1.807) is 24.3 Å². The summed E-state index contributed by atoms with van der Waals surface area (Å²) in [6.45, 7) is 0. The van der Waals surface area contributed by atoms with Crippen LogP contribution in [-0.4, -0.2) is 28.3 Å². The third kappa shape index (κ3) is 3.98. The molecule has 0 spiro atoms. The number of hydrogen-bond donors (Lipinski definition) is 1. The first-order valence-corrected chi connectivity index (χ1v) is 9.49. The molecule has 2 aromatic rings. The molecule has 0 bridgehead atoms. The van der Waals surface area contributed by atoms with E-state index in [1.165, 1.54) is 7.11 Å². The minimum Gasteiger partial charge on any atom is -0.496 e. The molecule has 1 fully saturated rings. The highest BCUT2D eigenvalue weighted by molar-refractivity contribution is 9.10. The number of ether oxygens (including phenoxy) is 1. The van der Waals surface area contributed by atoms with Crippen molar-refractivity contribution in [3.63, 3.8) is 0 Å². The van der Waals surface area contributed by atoms with E-state index in [9.17, 15) is 9.59 Å². The quantitative estimate of drug-likeness (QED) is 0.545. The number of para-hydroxylation sites is 1. The number of carbonyl (C=O) groups excluding carboxylic acids is 2. The zero-order valence-electron chi connectivity index (χ0n) is 13.6. The highest BCUT2D eigenvalue weighted by atomic mass is 79.9. The summed E-state index contributed by atoms with van der Waals surface area (Å²) in [6, 6.07) is 14.4. The Morgan fingerprint density at radius 1 is 1.23 bits per heavy atom. The fraction of sp³-hybridized carbons (Fsp3) is 0.0556. The predicted octanol–water partition coefficient (Wildman–Crippen LogP) is 4.64. The molecule has 0 atom stereocenters. The summed E-state index contributed by atoms with van der Waals surface area (Å²) >= 11 is 9.71. The summed E-state index contributed by atoms with van der Waals surface area (Å²) in [7, 11) is 1.48. The lowest BCUT2D eigenvalue weighted by molar-refractivity contribution is 0.0893. The fourth-order valence-corrected chi connectivity index (χ4v) is 3.69. The van der Waals surface area contributed by atoms with Gasteiger partial charge >= 0.3 is 5.24 Å². The number of rotatable bonds is 4. The van der Waals surface area contributed by atoms with E-state index in [0.29, 0.717) is 16.2 Å². The average Bonchev–Trinajstić information content (AvgIpc) is 2.91. The molecule has 0 radical (unpaired) electrons. The first-order valence-electron chi connectivity index (χ1n) is 7.47. The van der Waals surface area contributed by atoms with E-state index < -0.39 is 5.91 Å². The maximum atomic E-state index is 12.5. The van der Waals surface area contributed by atoms with E-state index in [4.69, 9.17) is 17.0 Å². The van der Waals surface area contributed by atoms with Crippen molar-refractivity contribution in [3.05, 3.63) is 69.0 Å². The van der Waals surface area contributed by atoms with Gasteiger partial charge in [0, 0.05) is 4.47 Å². The molecular formula is C18H13BrN2O3S2. The van der Waals surface area contributed by atoms with Crippen molar-refractivity contribution in [3.8, 4) is 5.75 Å². The number of nitrogens with zero attached hydrogens (tertiary/aromatic N) is 1. The van der Waals surface area contributed by atoms with Gasteiger partial charge in [-0.3, -0.25) is 15.0 Å². The summed E-state index contributed by atoms with van der Waals surface area (Å²) in [5, 5.41) is 0.723. The van der Waals surface area contributed by atoms with Gasteiger partial charge < -0.3 is 4.74 Å². The van der Waals surface area contributed by atoms with Gasteiger partial charge in [-0.05, 0) is 47.7 Å². The average molecular weight is 449 g/mol. The SMILES string of the molecule is COc1ccccc1C(=O)NN1C(=O)S/C(=C\c2ccc(Br)cc2)C1=S. The number of methoxy groups -OCH3 is 1. The molecule has 26 heavy (non-hydrogen) atoms. The lowest BCUT2D eigenvalue weighted by Crippen LogP contribution is -2.44. The van der Waals surface area contributed by atoms with Crippen LogP contribution >= 0.6 is 39.9 Å². The second kappa shape index (κ2) is 8.03. The van der Waals surface area contributed by atoms with Crippen molar-refractivity contribution in [1.29, 1.82) is 0 Å². The van der Waals surface area contributed by atoms with Gasteiger partial charge in [0.05, 0.1) is 17.6 Å². The zero-order chi connectivity index (χ0) is 18.7. The van der Waals surface area contributed by atoms with Crippen LogP contribution in [0.2, 0.25) is 0 Å². The number of hydrogen-bond acceptors (Lipinski definition) is 5. The van der Waals surface area contributed by atoms with E-state index in [2.05, 4.69) is 21.4 Å². The van der Waals surface area contributed by atoms with Crippen molar-refractivity contribution < 1.29 is 14.3 Å². The highest BCUT2D eigenvalue weighted by Crippen LogP contribution is 2.32. The van der Waals surface area contributed by atoms with Crippen LogP contribution in [0.1, 0.15) is 15.9 Å². The number of thioether (sulfide) groups is 1. The van der Waals surface area contributed by atoms with E-state index in [1.807, 2.05) is 30.3 Å². The number of amides is 2. The molecule has 1 N–H and O–H groups in total. The maximum Gasteiger partial charge on any atom is 0.310 e. The van der Waals surface area contributed by atoms with Crippen LogP contribution in [0.15, 0.2) is 57.9 Å². The minimum absolute atomic E-state index is 0.256. The fourth-order valence-electron chi connectivity index (χ4n) is 2.27. The normalized spacial score (nSPS) is 15.5. The molecule has 0 saturated carbocycles. The van der Waals surface area contributed by atoms with Gasteiger partial charge in [0.15, 0.2) is 0 Å². The van der Waals surface area contributed by atoms with Crippen molar-refractivity contribution >= 4 is 62.1 Å². The number of nitrogens with one attached hydrogen (secondary N) is 1. The molecule has 2 aromatic carbocycles. The summed E-state index contributed by atoms with van der Waals surface area (Å²) in [5.74, 6) is -0.0514. The first kappa shape index (κ1) is 18.6. The van der Waals surface area contributed by atoms with Crippen molar-refractivity contribution in [1.82, 2.24) is 10.4 Å². The molecule has 2 amide bonds. The predicted molar refractivity (Wildman–Crippen MR) is 110 cm³/mol. The third-order valence-electron chi connectivity index (χ3n) is 3.53. The Kier molecular flexibility index (Phi) is 5.75. The molecule has 1 aliphatic rings.